The van der Waals surface area contributed by atoms with Gasteiger partial charge in [-0.1, -0.05) is 33.6 Å². The Labute approximate surface area is 132 Å². The number of nitrogens with one attached hydrogen (secondary N) is 1. The molecule has 0 spiro atoms. The summed E-state index contributed by atoms with van der Waals surface area (Å²) in [5, 5.41) is 4.22. The highest BCUT2D eigenvalue weighted by molar-refractivity contribution is 9.10. The van der Waals surface area contributed by atoms with E-state index in [0.29, 0.717) is 0 Å². The summed E-state index contributed by atoms with van der Waals surface area (Å²) in [6.45, 7) is 2.88. The molecule has 1 unspecified atom stereocenters. The van der Waals surface area contributed by atoms with Crippen molar-refractivity contribution in [3.05, 3.63) is 57.0 Å². The second kappa shape index (κ2) is 5.66. The fourth-order valence-electron chi connectivity index (χ4n) is 2.41. The molecule has 0 saturated carbocycles. The first-order valence-corrected chi connectivity index (χ1v) is 7.74. The van der Waals surface area contributed by atoms with Gasteiger partial charge in [0.15, 0.2) is 0 Å². The summed E-state index contributed by atoms with van der Waals surface area (Å²) in [7, 11) is 0. The molecule has 1 aliphatic rings. The molecule has 1 aliphatic heterocycles. The van der Waals surface area contributed by atoms with Crippen molar-refractivity contribution in [2.75, 3.05) is 11.9 Å². The lowest BCUT2D eigenvalue weighted by Crippen LogP contribution is -2.24. The lowest BCUT2D eigenvalue weighted by molar-refractivity contribution is 0.246. The summed E-state index contributed by atoms with van der Waals surface area (Å²) in [5.74, 6) is 0.951. The molecule has 1 N–H and O–H groups in total. The summed E-state index contributed by atoms with van der Waals surface area (Å²) in [6.07, 6.45) is 1.05. The van der Waals surface area contributed by atoms with Gasteiger partial charge in [0.05, 0.1) is 6.54 Å². The SMILES string of the molecule is Cc1ccc(Br)cc1NCC1Cc2cc(Cl)ccc2O1. The molecule has 2 aromatic carbocycles. The van der Waals surface area contributed by atoms with Crippen molar-refractivity contribution in [2.24, 2.45) is 0 Å². The van der Waals surface area contributed by atoms with Crippen molar-refractivity contribution < 1.29 is 4.74 Å². The van der Waals surface area contributed by atoms with E-state index in [0.717, 1.165) is 33.9 Å². The standard InChI is InChI=1S/C16H15BrClNO/c1-10-2-3-12(17)8-15(10)19-9-14-7-11-6-13(18)4-5-16(11)20-14/h2-6,8,14,19H,7,9H2,1H3. The van der Waals surface area contributed by atoms with Gasteiger partial charge in [-0.2, -0.15) is 0 Å². The number of rotatable bonds is 3. The highest BCUT2D eigenvalue weighted by Gasteiger charge is 2.22. The van der Waals surface area contributed by atoms with Gasteiger partial charge in [-0.15, -0.1) is 0 Å². The smallest absolute Gasteiger partial charge is 0.123 e. The second-order valence-electron chi connectivity index (χ2n) is 5.04. The van der Waals surface area contributed by atoms with Gasteiger partial charge >= 0.3 is 0 Å². The number of aryl methyl sites for hydroxylation is 1. The maximum Gasteiger partial charge on any atom is 0.123 e. The Kier molecular flexibility index (Phi) is 3.90. The van der Waals surface area contributed by atoms with Crippen LogP contribution in [-0.4, -0.2) is 12.6 Å². The molecule has 2 nitrogen and oxygen atoms in total. The lowest BCUT2D eigenvalue weighted by Gasteiger charge is -2.14. The van der Waals surface area contributed by atoms with Gasteiger partial charge in [-0.05, 0) is 48.4 Å². The third-order valence-corrected chi connectivity index (χ3v) is 4.21. The van der Waals surface area contributed by atoms with Crippen LogP contribution in [0.5, 0.6) is 5.75 Å². The maximum atomic E-state index is 6.01. The quantitative estimate of drug-likeness (QED) is 0.854. The van der Waals surface area contributed by atoms with Crippen molar-refractivity contribution in [2.45, 2.75) is 19.4 Å². The molecule has 1 heterocycles. The number of halogens is 2. The number of hydrogen-bond donors (Lipinski definition) is 1. The number of anilines is 1. The molecule has 0 radical (unpaired) electrons. The minimum Gasteiger partial charge on any atom is -0.488 e. The summed E-state index contributed by atoms with van der Waals surface area (Å²) < 4.78 is 7.00. The normalized spacial score (nSPS) is 16.6. The van der Waals surface area contributed by atoms with Crippen LogP contribution in [0.2, 0.25) is 5.02 Å². The van der Waals surface area contributed by atoms with Gasteiger partial charge in [0, 0.05) is 21.6 Å². The molecule has 3 rings (SSSR count). The van der Waals surface area contributed by atoms with Crippen LogP contribution < -0.4 is 10.1 Å². The Balaban J connectivity index is 1.65. The molecular formula is C16H15BrClNO. The Bertz CT molecular complexity index is 644. The van der Waals surface area contributed by atoms with E-state index in [9.17, 15) is 0 Å². The Hall–Kier alpha value is -1.19. The predicted octanol–water partition coefficient (Wildman–Crippen LogP) is 4.83. The highest BCUT2D eigenvalue weighted by Crippen LogP contribution is 2.31. The van der Waals surface area contributed by atoms with Gasteiger partial charge in [-0.3, -0.25) is 0 Å². The molecule has 20 heavy (non-hydrogen) atoms. The van der Waals surface area contributed by atoms with Crippen molar-refractivity contribution in [3.63, 3.8) is 0 Å². The van der Waals surface area contributed by atoms with E-state index in [2.05, 4.69) is 40.3 Å². The van der Waals surface area contributed by atoms with E-state index < -0.39 is 0 Å². The molecule has 0 fully saturated rings. The third kappa shape index (κ3) is 2.94. The zero-order valence-electron chi connectivity index (χ0n) is 11.1. The fraction of sp³-hybridized carbons (Fsp3) is 0.250. The maximum absolute atomic E-state index is 6.01. The van der Waals surface area contributed by atoms with Crippen LogP contribution in [0.3, 0.4) is 0 Å². The van der Waals surface area contributed by atoms with Crippen LogP contribution in [0.1, 0.15) is 11.1 Å². The fourth-order valence-corrected chi connectivity index (χ4v) is 2.97. The zero-order chi connectivity index (χ0) is 14.1. The molecule has 0 amide bonds. The molecule has 4 heteroatoms. The number of ether oxygens (including phenoxy) is 1. The largest absolute Gasteiger partial charge is 0.488 e. The summed E-state index contributed by atoms with van der Waals surface area (Å²) in [5.41, 5.74) is 3.55. The molecule has 104 valence electrons. The second-order valence-corrected chi connectivity index (χ2v) is 6.39. The first-order valence-electron chi connectivity index (χ1n) is 6.57. The first-order chi connectivity index (χ1) is 9.61. The zero-order valence-corrected chi connectivity index (χ0v) is 13.5. The first kappa shape index (κ1) is 13.8. The van der Waals surface area contributed by atoms with Gasteiger partial charge in [-0.25, -0.2) is 0 Å². The molecule has 0 aliphatic carbocycles. The van der Waals surface area contributed by atoms with Crippen LogP contribution in [0.15, 0.2) is 40.9 Å². The van der Waals surface area contributed by atoms with Gasteiger partial charge < -0.3 is 10.1 Å². The van der Waals surface area contributed by atoms with Crippen molar-refractivity contribution in [1.82, 2.24) is 0 Å². The molecule has 2 aromatic rings. The van der Waals surface area contributed by atoms with Crippen LogP contribution >= 0.6 is 27.5 Å². The Morgan fingerprint density at radius 3 is 3.00 bits per heavy atom. The van der Waals surface area contributed by atoms with E-state index in [1.807, 2.05) is 24.3 Å². The van der Waals surface area contributed by atoms with Crippen LogP contribution in [0, 0.1) is 6.92 Å². The van der Waals surface area contributed by atoms with Gasteiger partial charge in [0.25, 0.3) is 0 Å². The van der Waals surface area contributed by atoms with Crippen LogP contribution in [-0.2, 0) is 6.42 Å². The van der Waals surface area contributed by atoms with E-state index >= 15 is 0 Å². The van der Waals surface area contributed by atoms with E-state index in [4.69, 9.17) is 16.3 Å². The van der Waals surface area contributed by atoms with Crippen molar-refractivity contribution >= 4 is 33.2 Å². The molecule has 1 atom stereocenters. The summed E-state index contributed by atoms with van der Waals surface area (Å²) in [6, 6.07) is 12.0. The summed E-state index contributed by atoms with van der Waals surface area (Å²) >= 11 is 9.50. The predicted molar refractivity (Wildman–Crippen MR) is 86.9 cm³/mol. The average molecular weight is 353 g/mol. The minimum absolute atomic E-state index is 0.154. The summed E-state index contributed by atoms with van der Waals surface area (Å²) in [4.78, 5) is 0. The number of benzene rings is 2. The number of hydrogen-bond acceptors (Lipinski definition) is 2. The lowest BCUT2D eigenvalue weighted by atomic mass is 10.1. The van der Waals surface area contributed by atoms with Crippen LogP contribution in [0.4, 0.5) is 5.69 Å². The Morgan fingerprint density at radius 1 is 1.30 bits per heavy atom. The average Bonchev–Trinajstić information content (AvgIpc) is 2.81. The number of fused-ring (bicyclic) bond motifs is 1. The topological polar surface area (TPSA) is 21.3 Å². The molecule has 0 aromatic heterocycles. The molecular weight excluding hydrogens is 338 g/mol. The third-order valence-electron chi connectivity index (χ3n) is 3.48. The molecule has 0 saturated heterocycles. The van der Waals surface area contributed by atoms with Crippen molar-refractivity contribution in [1.29, 1.82) is 0 Å². The van der Waals surface area contributed by atoms with Gasteiger partial charge in [0.2, 0.25) is 0 Å². The monoisotopic (exact) mass is 351 g/mol. The van der Waals surface area contributed by atoms with E-state index in [1.165, 1.54) is 11.1 Å². The van der Waals surface area contributed by atoms with Crippen molar-refractivity contribution in [3.8, 4) is 5.75 Å². The Morgan fingerprint density at radius 2 is 2.15 bits per heavy atom. The molecule has 0 bridgehead atoms. The van der Waals surface area contributed by atoms with E-state index in [1.54, 1.807) is 0 Å². The van der Waals surface area contributed by atoms with Crippen LogP contribution in [0.25, 0.3) is 0 Å². The highest BCUT2D eigenvalue weighted by atomic mass is 79.9. The van der Waals surface area contributed by atoms with E-state index in [-0.39, 0.29) is 6.10 Å². The van der Waals surface area contributed by atoms with Gasteiger partial charge in [0.1, 0.15) is 11.9 Å². The minimum atomic E-state index is 0.154.